The molecule has 0 radical (unpaired) electrons. The number of nitrogens with zero attached hydrogens (tertiary/aromatic N) is 3. The van der Waals surface area contributed by atoms with E-state index < -0.39 is 17.8 Å². The molecule has 4 rings (SSSR count). The van der Waals surface area contributed by atoms with Crippen LogP contribution in [0.1, 0.15) is 33.5 Å². The first-order chi connectivity index (χ1) is 14.5. The molecule has 1 aliphatic heterocycles. The fraction of sp³-hybridized carbons (Fsp3) is 0.238. The van der Waals surface area contributed by atoms with Crippen LogP contribution in [0.2, 0.25) is 0 Å². The molecule has 30 heavy (non-hydrogen) atoms. The van der Waals surface area contributed by atoms with E-state index in [0.717, 1.165) is 5.69 Å². The molecule has 1 fully saturated rings. The van der Waals surface area contributed by atoms with E-state index in [2.05, 4.69) is 15.5 Å². The minimum absolute atomic E-state index is 0.0671. The summed E-state index contributed by atoms with van der Waals surface area (Å²) in [5, 5.41) is 6.56. The highest BCUT2D eigenvalue weighted by molar-refractivity contribution is 5.97. The van der Waals surface area contributed by atoms with Crippen molar-refractivity contribution in [1.29, 1.82) is 0 Å². The lowest BCUT2D eigenvalue weighted by molar-refractivity contribution is -0.128. The van der Waals surface area contributed by atoms with Gasteiger partial charge in [-0.25, -0.2) is 4.39 Å². The Labute approximate surface area is 171 Å². The van der Waals surface area contributed by atoms with Gasteiger partial charge in [-0.15, -0.1) is 0 Å². The monoisotopic (exact) mass is 410 g/mol. The fourth-order valence-corrected chi connectivity index (χ4v) is 3.19. The molecule has 154 valence electrons. The van der Waals surface area contributed by atoms with Gasteiger partial charge < -0.3 is 19.5 Å². The second-order valence-electron chi connectivity index (χ2n) is 6.85. The summed E-state index contributed by atoms with van der Waals surface area (Å²) in [5.41, 5.74) is 1.45. The number of piperazine rings is 1. The number of amides is 2. The molecule has 9 heteroatoms. The number of benzene rings is 1. The molecule has 1 aromatic carbocycles. The molecule has 0 bridgehead atoms. The molecule has 1 atom stereocenters. The number of halogens is 1. The van der Waals surface area contributed by atoms with Crippen LogP contribution in [0.4, 0.5) is 4.39 Å². The molecule has 2 amide bonds. The van der Waals surface area contributed by atoms with Crippen molar-refractivity contribution in [2.45, 2.75) is 19.6 Å². The van der Waals surface area contributed by atoms with Crippen molar-refractivity contribution in [3.8, 4) is 5.75 Å². The van der Waals surface area contributed by atoms with Crippen molar-refractivity contribution in [3.05, 3.63) is 77.2 Å². The van der Waals surface area contributed by atoms with Crippen molar-refractivity contribution in [2.75, 3.05) is 13.1 Å². The van der Waals surface area contributed by atoms with Crippen LogP contribution in [0.3, 0.4) is 0 Å². The van der Waals surface area contributed by atoms with Crippen LogP contribution >= 0.6 is 0 Å². The van der Waals surface area contributed by atoms with E-state index in [9.17, 15) is 14.0 Å². The third kappa shape index (κ3) is 4.14. The van der Waals surface area contributed by atoms with Crippen molar-refractivity contribution in [3.63, 3.8) is 0 Å². The number of carbonyl (C=O) groups is 2. The zero-order chi connectivity index (χ0) is 21.1. The van der Waals surface area contributed by atoms with Gasteiger partial charge in [0.25, 0.3) is 5.91 Å². The summed E-state index contributed by atoms with van der Waals surface area (Å²) in [5.74, 6) is -0.281. The number of nitrogens with one attached hydrogen (secondary N) is 1. The smallest absolute Gasteiger partial charge is 0.277 e. The lowest BCUT2D eigenvalue weighted by Gasteiger charge is -2.34. The summed E-state index contributed by atoms with van der Waals surface area (Å²) in [7, 11) is 0. The molecule has 1 aliphatic rings. The molecule has 3 aromatic rings. The molecular formula is C21H19FN4O4. The van der Waals surface area contributed by atoms with Gasteiger partial charge in [-0.2, -0.15) is 0 Å². The maximum atomic E-state index is 13.3. The Balaban J connectivity index is 1.49. The number of aromatic nitrogens is 2. The van der Waals surface area contributed by atoms with Gasteiger partial charge in [-0.1, -0.05) is 17.3 Å². The summed E-state index contributed by atoms with van der Waals surface area (Å²) in [6, 6.07) is 9.70. The minimum Gasteiger partial charge on any atom is -0.484 e. The van der Waals surface area contributed by atoms with Gasteiger partial charge in [0, 0.05) is 24.8 Å². The third-order valence-corrected chi connectivity index (χ3v) is 4.70. The number of pyridine rings is 1. The molecular weight excluding hydrogens is 391 g/mol. The van der Waals surface area contributed by atoms with Crippen molar-refractivity contribution in [2.24, 2.45) is 0 Å². The van der Waals surface area contributed by atoms with E-state index in [1.54, 1.807) is 12.3 Å². The van der Waals surface area contributed by atoms with Gasteiger partial charge in [-0.3, -0.25) is 14.6 Å². The molecule has 8 nitrogen and oxygen atoms in total. The summed E-state index contributed by atoms with van der Waals surface area (Å²) in [6.07, 6.45) is 1.59. The zero-order valence-electron chi connectivity index (χ0n) is 16.2. The van der Waals surface area contributed by atoms with Crippen LogP contribution in [-0.4, -0.2) is 39.9 Å². The lowest BCUT2D eigenvalue weighted by atomic mass is 10.0. The SMILES string of the molecule is Cc1ccc(OCc2cc(C(=O)N3CCNC(=O)C3c3ccc(F)cc3)no2)cn1. The standard InChI is InChI=1S/C21H19FN4O4/c1-13-2-7-16(11-24-13)29-12-17-10-18(25-30-17)21(28)26-9-8-23-20(27)19(26)14-3-5-15(22)6-4-14/h2-7,10-11,19H,8-9,12H2,1H3,(H,23,27). The Hall–Kier alpha value is -3.75. The molecule has 0 aliphatic carbocycles. The Morgan fingerprint density at radius 3 is 2.83 bits per heavy atom. The number of hydrogen-bond donors (Lipinski definition) is 1. The first kappa shape index (κ1) is 19.6. The second-order valence-corrected chi connectivity index (χ2v) is 6.85. The highest BCUT2D eigenvalue weighted by Crippen LogP contribution is 2.25. The van der Waals surface area contributed by atoms with Crippen LogP contribution in [-0.2, 0) is 11.4 Å². The van der Waals surface area contributed by atoms with Crippen LogP contribution in [0.5, 0.6) is 5.75 Å². The van der Waals surface area contributed by atoms with E-state index in [1.807, 2.05) is 13.0 Å². The Morgan fingerprint density at radius 1 is 1.30 bits per heavy atom. The summed E-state index contributed by atoms with van der Waals surface area (Å²) < 4.78 is 24.1. The quantitative estimate of drug-likeness (QED) is 0.694. The van der Waals surface area contributed by atoms with Gasteiger partial charge in [0.2, 0.25) is 5.91 Å². The number of hydrogen-bond acceptors (Lipinski definition) is 6. The first-order valence-corrected chi connectivity index (χ1v) is 9.36. The first-order valence-electron chi connectivity index (χ1n) is 9.36. The Kier molecular flexibility index (Phi) is 5.42. The molecule has 2 aromatic heterocycles. The number of rotatable bonds is 5. The second kappa shape index (κ2) is 8.32. The van der Waals surface area contributed by atoms with Gasteiger partial charge in [0.05, 0.1) is 6.20 Å². The topological polar surface area (TPSA) is 97.6 Å². The van der Waals surface area contributed by atoms with E-state index in [0.29, 0.717) is 30.2 Å². The average Bonchev–Trinajstić information content (AvgIpc) is 3.22. The average molecular weight is 410 g/mol. The zero-order valence-corrected chi connectivity index (χ0v) is 16.2. The number of carbonyl (C=O) groups excluding carboxylic acids is 2. The van der Waals surface area contributed by atoms with E-state index >= 15 is 0 Å². The van der Waals surface area contributed by atoms with Gasteiger partial charge in [0.15, 0.2) is 11.5 Å². The van der Waals surface area contributed by atoms with Crippen LogP contribution in [0.25, 0.3) is 0 Å². The largest absolute Gasteiger partial charge is 0.484 e. The van der Waals surface area contributed by atoms with E-state index in [4.69, 9.17) is 9.26 Å². The molecule has 1 saturated heterocycles. The van der Waals surface area contributed by atoms with Gasteiger partial charge >= 0.3 is 0 Å². The summed E-state index contributed by atoms with van der Waals surface area (Å²) >= 11 is 0. The highest BCUT2D eigenvalue weighted by Gasteiger charge is 2.36. The predicted octanol–water partition coefficient (Wildman–Crippen LogP) is 2.41. The van der Waals surface area contributed by atoms with Crippen LogP contribution in [0, 0.1) is 12.7 Å². The van der Waals surface area contributed by atoms with E-state index in [-0.39, 0.29) is 18.2 Å². The Bertz CT molecular complexity index is 1050. The fourth-order valence-electron chi connectivity index (χ4n) is 3.19. The molecule has 0 saturated carbocycles. The van der Waals surface area contributed by atoms with Crippen molar-refractivity contribution >= 4 is 11.8 Å². The molecule has 3 heterocycles. The molecule has 0 spiro atoms. The Morgan fingerprint density at radius 2 is 2.10 bits per heavy atom. The normalized spacial score (nSPS) is 16.3. The van der Waals surface area contributed by atoms with Crippen molar-refractivity contribution in [1.82, 2.24) is 20.4 Å². The predicted molar refractivity (Wildman–Crippen MR) is 103 cm³/mol. The van der Waals surface area contributed by atoms with Gasteiger partial charge in [-0.05, 0) is 36.8 Å². The minimum atomic E-state index is -0.873. The van der Waals surface area contributed by atoms with Crippen LogP contribution < -0.4 is 10.1 Å². The molecule has 1 N–H and O–H groups in total. The lowest BCUT2D eigenvalue weighted by Crippen LogP contribution is -2.52. The van der Waals surface area contributed by atoms with E-state index in [1.165, 1.54) is 35.2 Å². The summed E-state index contributed by atoms with van der Waals surface area (Å²) in [6.45, 7) is 2.56. The maximum absolute atomic E-state index is 13.3. The molecule has 1 unspecified atom stereocenters. The van der Waals surface area contributed by atoms with Crippen LogP contribution in [0.15, 0.2) is 53.2 Å². The highest BCUT2D eigenvalue weighted by atomic mass is 19.1. The summed E-state index contributed by atoms with van der Waals surface area (Å²) in [4.78, 5) is 31.0. The third-order valence-electron chi connectivity index (χ3n) is 4.70. The number of aryl methyl sites for hydroxylation is 1. The van der Waals surface area contributed by atoms with Gasteiger partial charge in [0.1, 0.15) is 24.2 Å². The number of ether oxygens (including phenoxy) is 1. The van der Waals surface area contributed by atoms with Crippen molar-refractivity contribution < 1.29 is 23.2 Å². The maximum Gasteiger partial charge on any atom is 0.277 e.